The average Bonchev–Trinajstić information content (AvgIpc) is 3.13. The van der Waals surface area contributed by atoms with Gasteiger partial charge in [-0.15, -0.1) is 10.2 Å². The van der Waals surface area contributed by atoms with E-state index in [1.54, 1.807) is 48.7 Å². The van der Waals surface area contributed by atoms with Gasteiger partial charge in [0.15, 0.2) is 11.6 Å². The fourth-order valence-electron chi connectivity index (χ4n) is 3.33. The standard InChI is InChI=1S/C25H33N7O5/c1-10-16(23(33)35-9)14(2)15(3)36-20-11-17(28-29-22(20)27)21-18(30-32(8)19(21)12-26)13-31(7)24(34)37-25(4,5)6/h10-11,15H,1,13H2,2-9H3,(H2,27,29). The Balaban J connectivity index is 2.49. The van der Waals surface area contributed by atoms with E-state index in [2.05, 4.69) is 27.9 Å². The molecule has 0 radical (unpaired) electrons. The molecule has 37 heavy (non-hydrogen) atoms. The summed E-state index contributed by atoms with van der Waals surface area (Å²) < 4.78 is 17.6. The van der Waals surface area contributed by atoms with Crippen molar-refractivity contribution < 1.29 is 23.8 Å². The highest BCUT2D eigenvalue weighted by Crippen LogP contribution is 2.32. The van der Waals surface area contributed by atoms with E-state index in [1.807, 2.05) is 0 Å². The summed E-state index contributed by atoms with van der Waals surface area (Å²) in [5, 5.41) is 22.4. The topological polar surface area (TPSA) is 158 Å². The van der Waals surface area contributed by atoms with Gasteiger partial charge in [-0.1, -0.05) is 12.7 Å². The van der Waals surface area contributed by atoms with Crippen LogP contribution in [0, 0.1) is 11.3 Å². The monoisotopic (exact) mass is 511 g/mol. The molecule has 0 aromatic carbocycles. The number of amides is 1. The number of aryl methyl sites for hydroxylation is 1. The molecular formula is C25H33N7O5. The molecule has 0 spiro atoms. The molecule has 2 heterocycles. The number of anilines is 1. The quantitative estimate of drug-likeness (QED) is 0.317. The minimum absolute atomic E-state index is 0.0106. The molecule has 12 nitrogen and oxygen atoms in total. The number of carbonyl (C=O) groups is 2. The number of nitrogen functional groups attached to an aromatic ring is 1. The minimum Gasteiger partial charge on any atom is -0.482 e. The Morgan fingerprint density at radius 2 is 2.00 bits per heavy atom. The fourth-order valence-corrected chi connectivity index (χ4v) is 3.33. The van der Waals surface area contributed by atoms with Crippen molar-refractivity contribution >= 4 is 17.9 Å². The largest absolute Gasteiger partial charge is 0.482 e. The van der Waals surface area contributed by atoms with E-state index in [1.165, 1.54) is 28.8 Å². The first kappa shape index (κ1) is 28.8. The highest BCUT2D eigenvalue weighted by molar-refractivity contribution is 5.92. The van der Waals surface area contributed by atoms with E-state index >= 15 is 0 Å². The van der Waals surface area contributed by atoms with Gasteiger partial charge in [0.1, 0.15) is 29.2 Å². The Kier molecular flexibility index (Phi) is 9.01. The lowest BCUT2D eigenvalue weighted by Gasteiger charge is -2.24. The van der Waals surface area contributed by atoms with Crippen LogP contribution in [-0.2, 0) is 27.9 Å². The Morgan fingerprint density at radius 1 is 1.35 bits per heavy atom. The van der Waals surface area contributed by atoms with Crippen molar-refractivity contribution in [2.45, 2.75) is 52.9 Å². The van der Waals surface area contributed by atoms with E-state index in [9.17, 15) is 14.9 Å². The third-order valence-corrected chi connectivity index (χ3v) is 5.31. The van der Waals surface area contributed by atoms with E-state index in [4.69, 9.17) is 19.9 Å². The number of rotatable bonds is 8. The second-order valence-corrected chi connectivity index (χ2v) is 9.27. The third kappa shape index (κ3) is 6.84. The van der Waals surface area contributed by atoms with Crippen LogP contribution in [0.1, 0.15) is 46.0 Å². The summed E-state index contributed by atoms with van der Waals surface area (Å²) >= 11 is 0. The average molecular weight is 512 g/mol. The van der Waals surface area contributed by atoms with Gasteiger partial charge in [0.25, 0.3) is 0 Å². The molecule has 2 rings (SSSR count). The predicted octanol–water partition coefficient (Wildman–Crippen LogP) is 3.14. The van der Waals surface area contributed by atoms with Gasteiger partial charge in [-0.2, -0.15) is 10.4 Å². The van der Waals surface area contributed by atoms with Gasteiger partial charge < -0.3 is 24.8 Å². The molecule has 2 aromatic heterocycles. The molecule has 0 fully saturated rings. The lowest BCUT2D eigenvalue weighted by molar-refractivity contribution is -0.135. The normalized spacial score (nSPS) is 12.6. The van der Waals surface area contributed by atoms with Crippen molar-refractivity contribution in [3.63, 3.8) is 0 Å². The first-order valence-electron chi connectivity index (χ1n) is 11.4. The number of nitrogens with two attached hydrogens (primary N) is 1. The minimum atomic E-state index is -0.673. The number of nitriles is 1. The van der Waals surface area contributed by atoms with Crippen molar-refractivity contribution in [1.29, 1.82) is 5.26 Å². The predicted molar refractivity (Wildman–Crippen MR) is 136 cm³/mol. The van der Waals surface area contributed by atoms with E-state index in [0.717, 1.165) is 0 Å². The summed E-state index contributed by atoms with van der Waals surface area (Å²) in [5.41, 5.74) is 7.44. The first-order chi connectivity index (χ1) is 17.2. The third-order valence-electron chi connectivity index (χ3n) is 5.31. The summed E-state index contributed by atoms with van der Waals surface area (Å²) in [6, 6.07) is 3.65. The van der Waals surface area contributed by atoms with E-state index in [0.29, 0.717) is 16.8 Å². The second kappa shape index (κ2) is 11.6. The molecule has 0 saturated carbocycles. The van der Waals surface area contributed by atoms with Gasteiger partial charge in [0, 0.05) is 20.2 Å². The smallest absolute Gasteiger partial charge is 0.410 e. The zero-order valence-electron chi connectivity index (χ0n) is 22.4. The lowest BCUT2D eigenvalue weighted by Crippen LogP contribution is -2.34. The Bertz CT molecular complexity index is 1270. The maximum Gasteiger partial charge on any atom is 0.410 e. The number of hydrogen-bond donors (Lipinski definition) is 1. The van der Waals surface area contributed by atoms with E-state index in [-0.39, 0.29) is 35.1 Å². The number of methoxy groups -OCH3 is 1. The van der Waals surface area contributed by atoms with Crippen LogP contribution in [0.3, 0.4) is 0 Å². The molecule has 1 amide bonds. The van der Waals surface area contributed by atoms with Gasteiger partial charge in [-0.3, -0.25) is 4.68 Å². The van der Waals surface area contributed by atoms with E-state index < -0.39 is 23.8 Å². The number of ether oxygens (including phenoxy) is 3. The highest BCUT2D eigenvalue weighted by Gasteiger charge is 2.26. The maximum atomic E-state index is 12.5. The number of esters is 1. The van der Waals surface area contributed by atoms with Crippen molar-refractivity contribution in [3.8, 4) is 23.1 Å². The fraction of sp³-hybridized carbons (Fsp3) is 0.440. The van der Waals surface area contributed by atoms with Gasteiger partial charge in [0.05, 0.1) is 30.5 Å². The number of hydrogen-bond acceptors (Lipinski definition) is 10. The van der Waals surface area contributed by atoms with Crippen LogP contribution in [0.25, 0.3) is 11.3 Å². The molecule has 0 saturated heterocycles. The van der Waals surface area contributed by atoms with Crippen molar-refractivity contribution in [1.82, 2.24) is 24.9 Å². The molecule has 2 N–H and O–H groups in total. The summed E-state index contributed by atoms with van der Waals surface area (Å²) in [7, 11) is 4.46. The second-order valence-electron chi connectivity index (χ2n) is 9.27. The van der Waals surface area contributed by atoms with Crippen molar-refractivity contribution in [2.75, 3.05) is 19.9 Å². The highest BCUT2D eigenvalue weighted by atomic mass is 16.6. The van der Waals surface area contributed by atoms with Crippen molar-refractivity contribution in [3.05, 3.63) is 41.3 Å². The van der Waals surface area contributed by atoms with Gasteiger partial charge in [-0.05, 0) is 40.2 Å². The summed E-state index contributed by atoms with van der Waals surface area (Å²) in [4.78, 5) is 25.9. The zero-order chi connectivity index (χ0) is 28.1. The Morgan fingerprint density at radius 3 is 2.54 bits per heavy atom. The van der Waals surface area contributed by atoms with Gasteiger partial charge >= 0.3 is 12.1 Å². The number of nitrogens with zero attached hydrogens (tertiary/aromatic N) is 6. The molecule has 0 aliphatic heterocycles. The Hall–Kier alpha value is -4.40. The van der Waals surface area contributed by atoms with Crippen LogP contribution in [0.4, 0.5) is 10.6 Å². The molecule has 1 unspecified atom stereocenters. The molecule has 1 atom stereocenters. The SMILES string of the molecule is C=CC(C(=O)OC)=C(C)C(C)Oc1cc(-c2c(CN(C)C(=O)OC(C)(C)C)nn(C)c2C#N)nnc1N. The van der Waals surface area contributed by atoms with Crippen LogP contribution in [0.15, 0.2) is 29.9 Å². The van der Waals surface area contributed by atoms with Crippen LogP contribution in [0.5, 0.6) is 5.75 Å². The lowest BCUT2D eigenvalue weighted by atomic mass is 10.1. The molecular weight excluding hydrogens is 478 g/mol. The molecule has 198 valence electrons. The van der Waals surface area contributed by atoms with Crippen LogP contribution in [-0.4, -0.2) is 62.8 Å². The number of carbonyl (C=O) groups excluding carboxylic acids is 2. The molecule has 2 aromatic rings. The van der Waals surface area contributed by atoms with Crippen LogP contribution >= 0.6 is 0 Å². The zero-order valence-corrected chi connectivity index (χ0v) is 22.4. The molecule has 0 aliphatic carbocycles. The summed E-state index contributed by atoms with van der Waals surface area (Å²) in [6.45, 7) is 12.5. The Labute approximate surface area is 216 Å². The summed E-state index contributed by atoms with van der Waals surface area (Å²) in [5.74, 6) is -0.349. The maximum absolute atomic E-state index is 12.5. The molecule has 12 heteroatoms. The first-order valence-corrected chi connectivity index (χ1v) is 11.4. The number of aromatic nitrogens is 4. The molecule has 0 aliphatic rings. The van der Waals surface area contributed by atoms with Crippen LogP contribution < -0.4 is 10.5 Å². The van der Waals surface area contributed by atoms with Gasteiger partial charge in [0.2, 0.25) is 0 Å². The van der Waals surface area contributed by atoms with Crippen LogP contribution in [0.2, 0.25) is 0 Å². The van der Waals surface area contributed by atoms with Crippen molar-refractivity contribution in [2.24, 2.45) is 7.05 Å². The summed E-state index contributed by atoms with van der Waals surface area (Å²) in [6.07, 6.45) is 0.242. The van der Waals surface area contributed by atoms with Gasteiger partial charge in [-0.25, -0.2) is 9.59 Å². The molecule has 0 bridgehead atoms.